The van der Waals surface area contributed by atoms with Gasteiger partial charge in [-0.3, -0.25) is 9.59 Å². The van der Waals surface area contributed by atoms with Crippen molar-refractivity contribution in [3.63, 3.8) is 0 Å². The lowest BCUT2D eigenvalue weighted by atomic mass is 9.87. The van der Waals surface area contributed by atoms with Gasteiger partial charge in [-0.15, -0.1) is 6.58 Å². The first kappa shape index (κ1) is 13.3. The first-order chi connectivity index (χ1) is 9.00. The molecule has 2 amide bonds. The number of nitrogens with zero attached hydrogens (tertiary/aromatic N) is 1. The molecular weight excluding hydrogens is 240 g/mol. The largest absolute Gasteiger partial charge is 0.336 e. The van der Waals surface area contributed by atoms with Crippen LogP contribution in [0, 0.1) is 0 Å². The van der Waals surface area contributed by atoms with Crippen LogP contribution in [-0.4, -0.2) is 29.3 Å². The smallest absolute Gasteiger partial charge is 0.253 e. The SMILES string of the molecule is C=CCN1C(=O)C(C)(c2ccccc2)NC(=O)C1C. The fourth-order valence-corrected chi connectivity index (χ4v) is 2.36. The first-order valence-electron chi connectivity index (χ1n) is 6.30. The molecule has 2 rings (SSSR count). The molecule has 4 heteroatoms. The van der Waals surface area contributed by atoms with Crippen molar-refractivity contribution in [1.29, 1.82) is 0 Å². The van der Waals surface area contributed by atoms with Crippen LogP contribution in [0.4, 0.5) is 0 Å². The minimum Gasteiger partial charge on any atom is -0.336 e. The molecule has 0 aromatic heterocycles. The normalized spacial score (nSPS) is 27.1. The lowest BCUT2D eigenvalue weighted by Crippen LogP contribution is -2.66. The third-order valence-electron chi connectivity index (χ3n) is 3.59. The van der Waals surface area contributed by atoms with E-state index in [1.165, 1.54) is 0 Å². The summed E-state index contributed by atoms with van der Waals surface area (Å²) in [5.74, 6) is -0.251. The van der Waals surface area contributed by atoms with E-state index in [2.05, 4.69) is 11.9 Å². The highest BCUT2D eigenvalue weighted by Gasteiger charge is 2.47. The van der Waals surface area contributed by atoms with Gasteiger partial charge < -0.3 is 10.2 Å². The highest BCUT2D eigenvalue weighted by Crippen LogP contribution is 2.28. The van der Waals surface area contributed by atoms with Crippen molar-refractivity contribution in [1.82, 2.24) is 10.2 Å². The Labute approximate surface area is 113 Å². The molecule has 0 bridgehead atoms. The highest BCUT2D eigenvalue weighted by molar-refractivity contribution is 6.00. The number of rotatable bonds is 3. The van der Waals surface area contributed by atoms with Crippen molar-refractivity contribution in [2.75, 3.05) is 6.54 Å². The Morgan fingerprint density at radius 3 is 2.58 bits per heavy atom. The van der Waals surface area contributed by atoms with Crippen LogP contribution >= 0.6 is 0 Å². The number of carbonyl (C=O) groups is 2. The summed E-state index contributed by atoms with van der Waals surface area (Å²) in [7, 11) is 0. The maximum atomic E-state index is 12.7. The van der Waals surface area contributed by atoms with Crippen molar-refractivity contribution >= 4 is 11.8 Å². The summed E-state index contributed by atoms with van der Waals surface area (Å²) in [6.07, 6.45) is 1.64. The standard InChI is InChI=1S/C15H18N2O2/c1-4-10-17-11(2)13(18)16-15(3,14(17)19)12-8-6-5-7-9-12/h4-9,11H,1,10H2,2-3H3,(H,16,18). The molecule has 1 N–H and O–H groups in total. The van der Waals surface area contributed by atoms with Crippen LogP contribution in [0.2, 0.25) is 0 Å². The summed E-state index contributed by atoms with van der Waals surface area (Å²) in [5.41, 5.74) is -0.220. The van der Waals surface area contributed by atoms with Gasteiger partial charge in [0.25, 0.3) is 5.91 Å². The van der Waals surface area contributed by atoms with E-state index in [0.717, 1.165) is 5.56 Å². The predicted molar refractivity (Wildman–Crippen MR) is 73.3 cm³/mol. The van der Waals surface area contributed by atoms with Gasteiger partial charge in [0.1, 0.15) is 11.6 Å². The zero-order chi connectivity index (χ0) is 14.0. The Kier molecular flexibility index (Phi) is 3.42. The van der Waals surface area contributed by atoms with Crippen LogP contribution < -0.4 is 5.32 Å². The van der Waals surface area contributed by atoms with Gasteiger partial charge in [0.15, 0.2) is 0 Å². The monoisotopic (exact) mass is 258 g/mol. The summed E-state index contributed by atoms with van der Waals surface area (Å²) in [6.45, 7) is 7.48. The fraction of sp³-hybridized carbons (Fsp3) is 0.333. The quantitative estimate of drug-likeness (QED) is 0.834. The van der Waals surface area contributed by atoms with Crippen LogP contribution in [0.15, 0.2) is 43.0 Å². The van der Waals surface area contributed by atoms with E-state index in [9.17, 15) is 9.59 Å². The Bertz CT molecular complexity index is 512. The molecule has 2 atom stereocenters. The van der Waals surface area contributed by atoms with Gasteiger partial charge in [-0.1, -0.05) is 36.4 Å². The van der Waals surface area contributed by atoms with E-state index in [4.69, 9.17) is 0 Å². The number of carbonyl (C=O) groups excluding carboxylic acids is 2. The van der Waals surface area contributed by atoms with Crippen LogP contribution in [-0.2, 0) is 15.1 Å². The number of benzene rings is 1. The molecule has 4 nitrogen and oxygen atoms in total. The lowest BCUT2D eigenvalue weighted by Gasteiger charge is -2.43. The Hall–Kier alpha value is -2.10. The zero-order valence-electron chi connectivity index (χ0n) is 11.2. The van der Waals surface area contributed by atoms with Crippen molar-refractivity contribution in [3.8, 4) is 0 Å². The highest BCUT2D eigenvalue weighted by atomic mass is 16.2. The second kappa shape index (κ2) is 4.88. The summed E-state index contributed by atoms with van der Waals surface area (Å²) in [5, 5.41) is 2.83. The number of hydrogen-bond acceptors (Lipinski definition) is 2. The zero-order valence-corrected chi connectivity index (χ0v) is 11.2. The maximum Gasteiger partial charge on any atom is 0.253 e. The molecule has 1 aromatic carbocycles. The van der Waals surface area contributed by atoms with E-state index >= 15 is 0 Å². The van der Waals surface area contributed by atoms with E-state index in [0.29, 0.717) is 6.54 Å². The van der Waals surface area contributed by atoms with Gasteiger partial charge in [0.2, 0.25) is 5.91 Å². The van der Waals surface area contributed by atoms with Gasteiger partial charge in [-0.05, 0) is 19.4 Å². The van der Waals surface area contributed by atoms with E-state index in [1.807, 2.05) is 30.3 Å². The van der Waals surface area contributed by atoms with Crippen molar-refractivity contribution in [2.45, 2.75) is 25.4 Å². The third-order valence-corrected chi connectivity index (χ3v) is 3.59. The van der Waals surface area contributed by atoms with Crippen molar-refractivity contribution in [3.05, 3.63) is 48.6 Å². The summed E-state index contributed by atoms with van der Waals surface area (Å²) < 4.78 is 0. The second-order valence-electron chi connectivity index (χ2n) is 4.90. The molecular formula is C15H18N2O2. The molecule has 0 aliphatic carbocycles. The third kappa shape index (κ3) is 2.14. The fourth-order valence-electron chi connectivity index (χ4n) is 2.36. The van der Waals surface area contributed by atoms with Gasteiger partial charge in [0, 0.05) is 6.54 Å². The minimum absolute atomic E-state index is 0.106. The average Bonchev–Trinajstić information content (AvgIpc) is 2.42. The van der Waals surface area contributed by atoms with Crippen LogP contribution in [0.1, 0.15) is 19.4 Å². The number of nitrogens with one attached hydrogen (secondary N) is 1. The molecule has 0 radical (unpaired) electrons. The van der Waals surface area contributed by atoms with Crippen molar-refractivity contribution < 1.29 is 9.59 Å². The topological polar surface area (TPSA) is 49.4 Å². The van der Waals surface area contributed by atoms with Gasteiger partial charge in [-0.25, -0.2) is 0 Å². The van der Waals surface area contributed by atoms with Gasteiger partial charge in [-0.2, -0.15) is 0 Å². The molecule has 100 valence electrons. The number of piperazine rings is 1. The summed E-state index contributed by atoms with van der Waals surface area (Å²) >= 11 is 0. The molecule has 0 spiro atoms. The molecule has 1 fully saturated rings. The molecule has 1 aromatic rings. The minimum atomic E-state index is -1.01. The van der Waals surface area contributed by atoms with E-state index in [1.54, 1.807) is 24.8 Å². The predicted octanol–water partition coefficient (Wildman–Crippen LogP) is 1.43. The Morgan fingerprint density at radius 1 is 1.37 bits per heavy atom. The van der Waals surface area contributed by atoms with E-state index in [-0.39, 0.29) is 11.8 Å². The Balaban J connectivity index is 2.43. The lowest BCUT2D eigenvalue weighted by molar-refractivity contribution is -0.153. The number of amides is 2. The molecule has 2 unspecified atom stereocenters. The Morgan fingerprint density at radius 2 is 2.00 bits per heavy atom. The molecule has 19 heavy (non-hydrogen) atoms. The van der Waals surface area contributed by atoms with Crippen LogP contribution in [0.5, 0.6) is 0 Å². The average molecular weight is 258 g/mol. The molecule has 0 saturated carbocycles. The first-order valence-corrected chi connectivity index (χ1v) is 6.30. The second-order valence-corrected chi connectivity index (χ2v) is 4.90. The van der Waals surface area contributed by atoms with Gasteiger partial charge >= 0.3 is 0 Å². The maximum absolute atomic E-state index is 12.7. The molecule has 1 saturated heterocycles. The van der Waals surface area contributed by atoms with Gasteiger partial charge in [0.05, 0.1) is 0 Å². The van der Waals surface area contributed by atoms with Crippen LogP contribution in [0.25, 0.3) is 0 Å². The van der Waals surface area contributed by atoms with Crippen molar-refractivity contribution in [2.24, 2.45) is 0 Å². The van der Waals surface area contributed by atoms with E-state index < -0.39 is 11.6 Å². The summed E-state index contributed by atoms with van der Waals surface area (Å²) in [6, 6.07) is 8.82. The van der Waals surface area contributed by atoms with Crippen LogP contribution in [0.3, 0.4) is 0 Å². The molecule has 1 aliphatic heterocycles. The molecule has 1 heterocycles. The summed E-state index contributed by atoms with van der Waals surface area (Å²) in [4.78, 5) is 26.3. The molecule has 1 aliphatic rings. The number of hydrogen-bond donors (Lipinski definition) is 1.